The molecule has 2 N–H and O–H groups in total. The van der Waals surface area contributed by atoms with Crippen LogP contribution in [0.5, 0.6) is 0 Å². The van der Waals surface area contributed by atoms with Gasteiger partial charge in [-0.05, 0) is 11.1 Å². The fourth-order valence-corrected chi connectivity index (χ4v) is 9.95. The van der Waals surface area contributed by atoms with Gasteiger partial charge in [-0.25, -0.2) is 0 Å². The van der Waals surface area contributed by atoms with Crippen molar-refractivity contribution < 1.29 is 76.5 Å². The Hall–Kier alpha value is -4.54. The fraction of sp³-hybridized carbons (Fsp3) is 0.444. The first-order chi connectivity index (χ1) is 34.5. The number of ether oxygens (including phenoxy) is 14. The van der Waals surface area contributed by atoms with Crippen molar-refractivity contribution in [3.63, 3.8) is 0 Å². The van der Waals surface area contributed by atoms with Crippen molar-refractivity contribution in [3.05, 3.63) is 179 Å². The minimum Gasteiger partial charge on any atom is -0.385 e. The van der Waals surface area contributed by atoms with E-state index in [4.69, 9.17) is 66.3 Å². The van der Waals surface area contributed by atoms with Gasteiger partial charge in [0.2, 0.25) is 0 Å². The Bertz CT molecular complexity index is 2370. The van der Waals surface area contributed by atoms with E-state index in [2.05, 4.69) is 0 Å². The molecule has 6 aliphatic heterocycles. The number of rotatable bonds is 14. The van der Waals surface area contributed by atoms with Crippen molar-refractivity contribution >= 4 is 0 Å². The fourth-order valence-electron chi connectivity index (χ4n) is 9.95. The number of fused-ring (bicyclic) bond motifs is 3. The molecule has 0 amide bonds. The van der Waals surface area contributed by atoms with Crippen molar-refractivity contribution in [1.82, 2.24) is 0 Å². The Kier molecular flexibility index (Phi) is 15.1. The number of hydrogen-bond acceptors (Lipinski definition) is 16. The van der Waals surface area contributed by atoms with Gasteiger partial charge in [0, 0.05) is 23.8 Å². The number of benzene rings is 5. The molecule has 11 rings (SSSR count). The zero-order chi connectivity index (χ0) is 47.4. The third kappa shape index (κ3) is 10.4. The van der Waals surface area contributed by atoms with Crippen molar-refractivity contribution in [3.8, 4) is 0 Å². The smallest absolute Gasteiger partial charge is 0.187 e. The Balaban J connectivity index is 0.925. The summed E-state index contributed by atoms with van der Waals surface area (Å²) in [6, 6.07) is 48.3. The summed E-state index contributed by atoms with van der Waals surface area (Å²) in [6.07, 6.45) is -17.8. The average molecular weight is 963 g/mol. The molecular weight excluding hydrogens is 905 g/mol. The van der Waals surface area contributed by atoms with Gasteiger partial charge in [-0.15, -0.1) is 0 Å². The van der Waals surface area contributed by atoms with E-state index in [1.807, 2.05) is 152 Å². The summed E-state index contributed by atoms with van der Waals surface area (Å²) < 4.78 is 91.4. The summed E-state index contributed by atoms with van der Waals surface area (Å²) in [7, 11) is 1.43. The molecule has 18 atom stereocenters. The second-order valence-electron chi connectivity index (χ2n) is 18.1. The Morgan fingerprint density at radius 2 is 0.743 bits per heavy atom. The van der Waals surface area contributed by atoms with Crippen LogP contribution in [0.4, 0.5) is 0 Å². The van der Waals surface area contributed by atoms with E-state index in [-0.39, 0.29) is 33.0 Å². The van der Waals surface area contributed by atoms with Gasteiger partial charge in [0.1, 0.15) is 73.2 Å². The van der Waals surface area contributed by atoms with Crippen molar-refractivity contribution in [2.45, 2.75) is 124 Å². The summed E-state index contributed by atoms with van der Waals surface area (Å²) >= 11 is 0. The second kappa shape index (κ2) is 22.1. The highest BCUT2D eigenvalue weighted by atomic mass is 16.8. The Morgan fingerprint density at radius 1 is 0.400 bits per heavy atom. The molecule has 0 saturated carbocycles. The van der Waals surface area contributed by atoms with Crippen molar-refractivity contribution in [2.75, 3.05) is 26.9 Å². The van der Waals surface area contributed by atoms with E-state index in [9.17, 15) is 10.2 Å². The van der Waals surface area contributed by atoms with Gasteiger partial charge >= 0.3 is 0 Å². The molecular formula is C54H58O16. The molecule has 0 aliphatic carbocycles. The predicted molar refractivity (Wildman–Crippen MR) is 245 cm³/mol. The van der Waals surface area contributed by atoms with Crippen LogP contribution in [0.3, 0.4) is 0 Å². The van der Waals surface area contributed by atoms with Crippen molar-refractivity contribution in [1.29, 1.82) is 0 Å². The Morgan fingerprint density at radius 3 is 1.17 bits per heavy atom. The highest BCUT2D eigenvalue weighted by Crippen LogP contribution is 2.43. The molecule has 6 aliphatic rings. The summed E-state index contributed by atoms with van der Waals surface area (Å²) in [4.78, 5) is 0. The zero-order valence-corrected chi connectivity index (χ0v) is 38.5. The van der Waals surface area contributed by atoms with Gasteiger partial charge in [0.25, 0.3) is 0 Å². The van der Waals surface area contributed by atoms with E-state index in [0.717, 1.165) is 27.8 Å². The predicted octanol–water partition coefficient (Wildman–Crippen LogP) is 5.81. The molecule has 6 heterocycles. The lowest BCUT2D eigenvalue weighted by molar-refractivity contribution is -0.423. The number of aliphatic hydroxyl groups excluding tert-OH is 2. The standard InChI is InChI=1S/C54H58O16/c1-57-52-40(55)45(42-37(63-52)29-60-49(66-42)34-21-11-4-12-22-34)69-53-41(56)46(43-38(64-53)30-61-50(67-43)35-23-13-5-14-24-35)70-54-48(59-28-33-19-9-3-10-20-33)47(58-27-32-17-7-2-8-18-32)44-39(65-54)31-62-51(68-44)36-25-15-6-16-26-36/h2-26,37-56H,27-31H2,1H3/t37-,38-,39-,40+,41+,42-,43-,44-,45-,46-,47+,48+,49-,50-,51-,52-,53+,54+/m1/s1. The number of methoxy groups -OCH3 is 1. The Labute approximate surface area is 406 Å². The minimum atomic E-state index is -1.56. The third-order valence-electron chi connectivity index (χ3n) is 13.5. The number of aliphatic hydroxyl groups is 2. The number of hydrogen-bond donors (Lipinski definition) is 2. The second-order valence-corrected chi connectivity index (χ2v) is 18.1. The summed E-state index contributed by atoms with van der Waals surface area (Å²) in [6.45, 7) is 0.678. The van der Waals surface area contributed by atoms with Gasteiger partial charge < -0.3 is 76.5 Å². The van der Waals surface area contributed by atoms with E-state index >= 15 is 0 Å². The molecule has 16 nitrogen and oxygen atoms in total. The lowest BCUT2D eigenvalue weighted by atomic mass is 9.94. The highest BCUT2D eigenvalue weighted by Gasteiger charge is 2.59. The van der Waals surface area contributed by atoms with E-state index in [0.29, 0.717) is 0 Å². The van der Waals surface area contributed by atoms with Crippen LogP contribution in [0.2, 0.25) is 0 Å². The summed E-state index contributed by atoms with van der Waals surface area (Å²) in [5.41, 5.74) is 4.23. The quantitative estimate of drug-likeness (QED) is 0.137. The summed E-state index contributed by atoms with van der Waals surface area (Å²) in [5, 5.41) is 24.6. The SMILES string of the molecule is CO[C@@H]1O[C@@H]2CO[C@@H](c3ccccc3)O[C@H]2[C@H](O[C@@H]2O[C@@H]3CO[C@@H](c4ccccc4)O[C@H]3[C@H](O[C@@H]3O[C@@H]4CO[C@@H](c5ccccc5)O[C@H]4[C@H](OCc4ccccc4)[C@@H]3OCc3ccccc3)[C@@H]2O)[C@@H]1O. The molecule has 5 aromatic rings. The maximum Gasteiger partial charge on any atom is 0.187 e. The maximum absolute atomic E-state index is 12.7. The molecule has 70 heavy (non-hydrogen) atoms. The molecule has 6 fully saturated rings. The van der Waals surface area contributed by atoms with Crippen molar-refractivity contribution in [2.24, 2.45) is 0 Å². The van der Waals surface area contributed by atoms with Gasteiger partial charge in [-0.3, -0.25) is 0 Å². The molecule has 0 radical (unpaired) electrons. The average Bonchev–Trinajstić information content (AvgIpc) is 3.42. The lowest BCUT2D eigenvalue weighted by Crippen LogP contribution is -2.69. The van der Waals surface area contributed by atoms with Gasteiger partial charge in [0.05, 0.1) is 33.0 Å². The lowest BCUT2D eigenvalue weighted by Gasteiger charge is -2.53. The normalized spacial score (nSPS) is 37.4. The molecule has 370 valence electrons. The first kappa shape index (κ1) is 47.8. The topological polar surface area (TPSA) is 170 Å². The van der Waals surface area contributed by atoms with Crippen LogP contribution in [0.1, 0.15) is 46.7 Å². The van der Waals surface area contributed by atoms with E-state index in [1.54, 1.807) is 0 Å². The molecule has 0 bridgehead atoms. The first-order valence-corrected chi connectivity index (χ1v) is 23.9. The molecule has 0 unspecified atom stereocenters. The molecule has 16 heteroatoms. The molecule has 0 aromatic heterocycles. The molecule has 5 aromatic carbocycles. The van der Waals surface area contributed by atoms with Crippen LogP contribution in [0.15, 0.2) is 152 Å². The maximum atomic E-state index is 12.7. The van der Waals surface area contributed by atoms with Crippen LogP contribution >= 0.6 is 0 Å². The monoisotopic (exact) mass is 962 g/mol. The highest BCUT2D eigenvalue weighted by molar-refractivity contribution is 5.20. The van der Waals surface area contributed by atoms with Crippen LogP contribution in [-0.2, 0) is 79.5 Å². The molecule has 0 spiro atoms. The third-order valence-corrected chi connectivity index (χ3v) is 13.5. The first-order valence-electron chi connectivity index (χ1n) is 23.9. The van der Waals surface area contributed by atoms with Gasteiger partial charge in [-0.1, -0.05) is 152 Å². The van der Waals surface area contributed by atoms with E-state index in [1.165, 1.54) is 7.11 Å². The van der Waals surface area contributed by atoms with Gasteiger partial charge in [-0.2, -0.15) is 0 Å². The molecule has 6 saturated heterocycles. The minimum absolute atomic E-state index is 0.0374. The zero-order valence-electron chi connectivity index (χ0n) is 38.5. The van der Waals surface area contributed by atoms with Crippen LogP contribution in [0.25, 0.3) is 0 Å². The van der Waals surface area contributed by atoms with Crippen LogP contribution < -0.4 is 0 Å². The largest absolute Gasteiger partial charge is 0.385 e. The van der Waals surface area contributed by atoms with E-state index < -0.39 is 111 Å². The van der Waals surface area contributed by atoms with Crippen LogP contribution in [0, 0.1) is 0 Å². The summed E-state index contributed by atoms with van der Waals surface area (Å²) in [5.74, 6) is 0. The van der Waals surface area contributed by atoms with Gasteiger partial charge in [0.15, 0.2) is 37.7 Å². The van der Waals surface area contributed by atoms with Crippen LogP contribution in [-0.4, -0.2) is 129 Å².